The first-order valence-electron chi connectivity index (χ1n) is 7.23. The maximum absolute atomic E-state index is 13.8. The van der Waals surface area contributed by atoms with Crippen LogP contribution in [0.1, 0.15) is 11.1 Å². The summed E-state index contributed by atoms with van der Waals surface area (Å²) in [7, 11) is 0. The Morgan fingerprint density at radius 2 is 2.00 bits per heavy atom. The van der Waals surface area contributed by atoms with Gasteiger partial charge in [0.1, 0.15) is 5.58 Å². The fourth-order valence-corrected chi connectivity index (χ4v) is 2.68. The second-order valence-corrected chi connectivity index (χ2v) is 5.40. The van der Waals surface area contributed by atoms with Crippen LogP contribution in [0.4, 0.5) is 8.78 Å². The molecule has 1 unspecified atom stereocenters. The summed E-state index contributed by atoms with van der Waals surface area (Å²) in [6, 6.07) is 11.6. The quantitative estimate of drug-likeness (QED) is 0.716. The van der Waals surface area contributed by atoms with E-state index in [0.29, 0.717) is 6.42 Å². The maximum atomic E-state index is 13.8. The van der Waals surface area contributed by atoms with E-state index in [1.807, 2.05) is 24.3 Å². The summed E-state index contributed by atoms with van der Waals surface area (Å²) < 4.78 is 32.4. The van der Waals surface area contributed by atoms with Gasteiger partial charge < -0.3 is 4.42 Å². The number of hydrogen-bond donors (Lipinski definition) is 0. The molecule has 1 aliphatic rings. The van der Waals surface area contributed by atoms with Crippen molar-refractivity contribution in [3.05, 3.63) is 71.5 Å². The highest BCUT2D eigenvalue weighted by atomic mass is 19.2. The predicted molar refractivity (Wildman–Crippen MR) is 85.1 cm³/mol. The van der Waals surface area contributed by atoms with Gasteiger partial charge in [0, 0.05) is 11.6 Å². The Bertz CT molecular complexity index is 943. The lowest BCUT2D eigenvalue weighted by molar-refractivity contribution is 0.507. The lowest BCUT2D eigenvalue weighted by Gasteiger charge is -2.04. The van der Waals surface area contributed by atoms with Gasteiger partial charge in [-0.1, -0.05) is 12.1 Å². The highest BCUT2D eigenvalue weighted by Gasteiger charge is 2.19. The van der Waals surface area contributed by atoms with Crippen molar-refractivity contribution in [2.45, 2.75) is 12.5 Å². The lowest BCUT2D eigenvalue weighted by Crippen LogP contribution is -2.07. The molecule has 0 fully saturated rings. The number of nitrogens with zero attached hydrogens (tertiary/aromatic N) is 2. The van der Waals surface area contributed by atoms with E-state index in [1.54, 1.807) is 12.5 Å². The summed E-state index contributed by atoms with van der Waals surface area (Å²) in [5.74, 6) is -1.57. The monoisotopic (exact) mass is 310 g/mol. The van der Waals surface area contributed by atoms with Gasteiger partial charge in [0.2, 0.25) is 0 Å². The fourth-order valence-electron chi connectivity index (χ4n) is 2.68. The molecule has 23 heavy (non-hydrogen) atoms. The van der Waals surface area contributed by atoms with Gasteiger partial charge in [0.05, 0.1) is 17.9 Å². The first-order valence-corrected chi connectivity index (χ1v) is 7.23. The molecule has 4 rings (SSSR count). The van der Waals surface area contributed by atoms with E-state index in [9.17, 15) is 8.78 Å². The Morgan fingerprint density at radius 3 is 2.91 bits per heavy atom. The number of furan rings is 1. The van der Waals surface area contributed by atoms with Crippen molar-refractivity contribution in [1.29, 1.82) is 0 Å². The third-order valence-electron chi connectivity index (χ3n) is 3.81. The zero-order chi connectivity index (χ0) is 15.8. The summed E-state index contributed by atoms with van der Waals surface area (Å²) in [6.45, 7) is 0. The number of fused-ring (bicyclic) bond motifs is 1. The van der Waals surface area contributed by atoms with Gasteiger partial charge in [0.25, 0.3) is 0 Å². The molecule has 3 nitrogen and oxygen atoms in total. The van der Waals surface area contributed by atoms with Crippen LogP contribution in [-0.4, -0.2) is 18.1 Å². The largest absolute Gasteiger partial charge is 0.464 e. The molecule has 0 bridgehead atoms. The average Bonchev–Trinajstić information content (AvgIpc) is 3.19. The predicted octanol–water partition coefficient (Wildman–Crippen LogP) is 4.15. The van der Waals surface area contributed by atoms with E-state index >= 15 is 0 Å². The summed E-state index contributed by atoms with van der Waals surface area (Å²) >= 11 is 0. The molecule has 3 aromatic rings. The molecule has 0 radical (unpaired) electrons. The number of rotatable bonds is 3. The van der Waals surface area contributed by atoms with E-state index in [4.69, 9.17) is 4.42 Å². The normalized spacial score (nSPS) is 17.0. The van der Waals surface area contributed by atoms with Crippen molar-refractivity contribution >= 4 is 23.0 Å². The van der Waals surface area contributed by atoms with Crippen LogP contribution in [0.15, 0.2) is 63.1 Å². The minimum Gasteiger partial charge on any atom is -0.464 e. The van der Waals surface area contributed by atoms with Gasteiger partial charge >= 0.3 is 0 Å². The molecule has 1 atom stereocenters. The Hall–Kier alpha value is -2.82. The fraction of sp³-hybridized carbons (Fsp3) is 0.111. The summed E-state index contributed by atoms with van der Waals surface area (Å²) in [5, 5.41) is 1.03. The molecule has 1 aliphatic heterocycles. The van der Waals surface area contributed by atoms with Gasteiger partial charge in [-0.2, -0.15) is 0 Å². The smallest absolute Gasteiger partial charge is 0.169 e. The summed E-state index contributed by atoms with van der Waals surface area (Å²) in [6.07, 6.45) is 3.96. The highest BCUT2D eigenvalue weighted by molar-refractivity contribution is 6.07. The number of amidine groups is 1. The Morgan fingerprint density at radius 1 is 1.09 bits per heavy atom. The molecule has 0 N–H and O–H groups in total. The lowest BCUT2D eigenvalue weighted by atomic mass is 10.1. The Labute approximate surface area is 131 Å². The number of benzene rings is 2. The second-order valence-electron chi connectivity index (χ2n) is 5.40. The molecule has 5 heteroatoms. The van der Waals surface area contributed by atoms with Crippen LogP contribution in [0, 0.1) is 11.6 Å². The molecule has 0 amide bonds. The van der Waals surface area contributed by atoms with Crippen LogP contribution in [0.2, 0.25) is 0 Å². The van der Waals surface area contributed by atoms with Crippen LogP contribution in [-0.2, 0) is 6.42 Å². The zero-order valence-electron chi connectivity index (χ0n) is 12.0. The third-order valence-corrected chi connectivity index (χ3v) is 3.81. The minimum atomic E-state index is -0.913. The van der Waals surface area contributed by atoms with E-state index in [-0.39, 0.29) is 17.4 Å². The van der Waals surface area contributed by atoms with E-state index in [2.05, 4.69) is 9.98 Å². The molecule has 0 saturated heterocycles. The van der Waals surface area contributed by atoms with Crippen LogP contribution < -0.4 is 0 Å². The average molecular weight is 310 g/mol. The summed E-state index contributed by atoms with van der Waals surface area (Å²) in [4.78, 5) is 8.53. The van der Waals surface area contributed by atoms with Crippen molar-refractivity contribution in [2.24, 2.45) is 9.98 Å². The van der Waals surface area contributed by atoms with Gasteiger partial charge in [-0.3, -0.25) is 4.99 Å². The van der Waals surface area contributed by atoms with Gasteiger partial charge in [-0.15, -0.1) is 0 Å². The first-order chi connectivity index (χ1) is 11.2. The third kappa shape index (κ3) is 2.54. The molecule has 114 valence electrons. The van der Waals surface area contributed by atoms with Gasteiger partial charge in [0.15, 0.2) is 17.5 Å². The van der Waals surface area contributed by atoms with E-state index in [1.165, 1.54) is 12.1 Å². The molecule has 2 aromatic carbocycles. The molecular formula is C18H12F2N2O. The SMILES string of the molecule is Fc1cccc(C2=NC(Cc3ccc4occc4c3)C=N2)c1F. The van der Waals surface area contributed by atoms with Crippen molar-refractivity contribution in [1.82, 2.24) is 0 Å². The first kappa shape index (κ1) is 13.8. The van der Waals surface area contributed by atoms with Crippen molar-refractivity contribution in [3.63, 3.8) is 0 Å². The molecule has 2 heterocycles. The van der Waals surface area contributed by atoms with Gasteiger partial charge in [-0.25, -0.2) is 13.8 Å². The van der Waals surface area contributed by atoms with Crippen molar-refractivity contribution in [2.75, 3.05) is 0 Å². The van der Waals surface area contributed by atoms with Crippen LogP contribution >= 0.6 is 0 Å². The zero-order valence-corrected chi connectivity index (χ0v) is 12.0. The van der Waals surface area contributed by atoms with E-state index in [0.717, 1.165) is 22.6 Å². The number of aliphatic imine (C=N–C) groups is 2. The summed E-state index contributed by atoms with van der Waals surface area (Å²) in [5.41, 5.74) is 2.01. The van der Waals surface area contributed by atoms with Crippen LogP contribution in [0.5, 0.6) is 0 Å². The topological polar surface area (TPSA) is 37.9 Å². The Kier molecular flexibility index (Phi) is 3.26. The highest BCUT2D eigenvalue weighted by Crippen LogP contribution is 2.20. The molecule has 0 spiro atoms. The standard InChI is InChI=1S/C18H12F2N2O/c19-15-3-1-2-14(17(15)20)18-21-10-13(22-18)9-11-4-5-16-12(8-11)6-7-23-16/h1-8,10,13H,9H2. The maximum Gasteiger partial charge on any atom is 0.169 e. The molecule has 0 aliphatic carbocycles. The van der Waals surface area contributed by atoms with Gasteiger partial charge in [-0.05, 0) is 42.3 Å². The molecular weight excluding hydrogens is 298 g/mol. The van der Waals surface area contributed by atoms with Crippen LogP contribution in [0.25, 0.3) is 11.0 Å². The molecule has 0 saturated carbocycles. The number of hydrogen-bond acceptors (Lipinski definition) is 3. The molecule has 1 aromatic heterocycles. The Balaban J connectivity index is 1.58. The van der Waals surface area contributed by atoms with Crippen LogP contribution in [0.3, 0.4) is 0 Å². The number of halogens is 2. The second kappa shape index (κ2) is 5.43. The van der Waals surface area contributed by atoms with Crippen molar-refractivity contribution < 1.29 is 13.2 Å². The minimum absolute atomic E-state index is 0.0917. The van der Waals surface area contributed by atoms with E-state index < -0.39 is 11.6 Å². The van der Waals surface area contributed by atoms with Crippen molar-refractivity contribution in [3.8, 4) is 0 Å².